The van der Waals surface area contributed by atoms with Gasteiger partial charge in [-0.25, -0.2) is 17.6 Å². The van der Waals surface area contributed by atoms with E-state index < -0.39 is 27.7 Å². The van der Waals surface area contributed by atoms with Gasteiger partial charge in [-0.2, -0.15) is 9.30 Å². The fraction of sp³-hybridized carbons (Fsp3) is 0.348. The molecule has 0 aliphatic carbocycles. The number of ether oxygens (including phenoxy) is 1. The second-order valence-corrected chi connectivity index (χ2v) is 10.9. The average molecular weight is 506 g/mol. The van der Waals surface area contributed by atoms with E-state index in [1.807, 2.05) is 11.5 Å². The van der Waals surface area contributed by atoms with Crippen LogP contribution in [-0.2, 0) is 26.1 Å². The second-order valence-electron chi connectivity index (χ2n) is 7.91. The van der Waals surface area contributed by atoms with Crippen LogP contribution in [-0.4, -0.2) is 49.4 Å². The van der Waals surface area contributed by atoms with Gasteiger partial charge >= 0.3 is 5.97 Å². The minimum Gasteiger partial charge on any atom is -0.465 e. The van der Waals surface area contributed by atoms with E-state index in [1.54, 1.807) is 18.2 Å². The van der Waals surface area contributed by atoms with Crippen molar-refractivity contribution in [2.75, 3.05) is 20.2 Å². The first-order valence-electron chi connectivity index (χ1n) is 10.8. The van der Waals surface area contributed by atoms with Gasteiger partial charge in [-0.05, 0) is 62.2 Å². The number of methoxy groups -OCH3 is 1. The molecule has 180 valence electrons. The first-order valence-corrected chi connectivity index (χ1v) is 13.1. The summed E-state index contributed by atoms with van der Waals surface area (Å²) in [6, 6.07) is 9.82. The Morgan fingerprint density at radius 3 is 2.62 bits per heavy atom. The zero-order valence-corrected chi connectivity index (χ0v) is 20.4. The van der Waals surface area contributed by atoms with Gasteiger partial charge in [0, 0.05) is 19.6 Å². The summed E-state index contributed by atoms with van der Waals surface area (Å²) in [5, 5.41) is 0. The van der Waals surface area contributed by atoms with E-state index in [0.717, 1.165) is 22.3 Å². The van der Waals surface area contributed by atoms with Crippen molar-refractivity contribution in [1.82, 2.24) is 8.87 Å². The summed E-state index contributed by atoms with van der Waals surface area (Å²) in [6.45, 7) is 2.81. The molecule has 34 heavy (non-hydrogen) atoms. The summed E-state index contributed by atoms with van der Waals surface area (Å²) < 4.78 is 47.9. The number of piperidine rings is 1. The van der Waals surface area contributed by atoms with Crippen LogP contribution in [0.4, 0.5) is 4.39 Å². The van der Waals surface area contributed by atoms with Crippen LogP contribution in [0, 0.1) is 11.7 Å². The topological polar surface area (TPSA) is 98.0 Å². The number of amides is 1. The first kappa shape index (κ1) is 24.2. The molecular weight excluding hydrogens is 481 g/mol. The molecule has 0 N–H and O–H groups in total. The van der Waals surface area contributed by atoms with Crippen LogP contribution in [0.1, 0.15) is 30.1 Å². The van der Waals surface area contributed by atoms with Gasteiger partial charge in [0.2, 0.25) is 10.0 Å². The average Bonchev–Trinajstić information content (AvgIpc) is 3.19. The minimum atomic E-state index is -3.84. The monoisotopic (exact) mass is 505 g/mol. The molecule has 3 aromatic rings. The van der Waals surface area contributed by atoms with Gasteiger partial charge in [-0.15, -0.1) is 0 Å². The number of halogens is 1. The number of aryl methyl sites for hydroxylation is 1. The van der Waals surface area contributed by atoms with Crippen LogP contribution in [0.2, 0.25) is 0 Å². The number of carbonyl (C=O) groups excluding carboxylic acids is 2. The van der Waals surface area contributed by atoms with Gasteiger partial charge < -0.3 is 9.30 Å². The Hall–Kier alpha value is -2.89. The number of carbonyl (C=O) groups is 2. The van der Waals surface area contributed by atoms with Crippen molar-refractivity contribution in [1.29, 1.82) is 0 Å². The lowest BCUT2D eigenvalue weighted by Crippen LogP contribution is -2.42. The lowest BCUT2D eigenvalue weighted by molar-refractivity contribution is -0.122. The summed E-state index contributed by atoms with van der Waals surface area (Å²) in [5.74, 6) is -1.93. The van der Waals surface area contributed by atoms with Crippen LogP contribution >= 0.6 is 11.3 Å². The highest BCUT2D eigenvalue weighted by atomic mass is 32.2. The second kappa shape index (κ2) is 9.77. The van der Waals surface area contributed by atoms with Gasteiger partial charge in [0.1, 0.15) is 5.82 Å². The van der Waals surface area contributed by atoms with Crippen LogP contribution in [0.15, 0.2) is 52.4 Å². The third kappa shape index (κ3) is 4.68. The molecule has 1 aromatic heterocycles. The fourth-order valence-electron chi connectivity index (χ4n) is 4.01. The van der Waals surface area contributed by atoms with Crippen LogP contribution in [0.25, 0.3) is 10.2 Å². The van der Waals surface area contributed by atoms with Crippen molar-refractivity contribution in [2.45, 2.75) is 31.2 Å². The molecule has 4 rings (SSSR count). The number of thiazole rings is 1. The van der Waals surface area contributed by atoms with Crippen molar-refractivity contribution in [2.24, 2.45) is 10.9 Å². The van der Waals surface area contributed by atoms with Crippen LogP contribution in [0.3, 0.4) is 0 Å². The third-order valence-electron chi connectivity index (χ3n) is 5.81. The Bertz CT molecular complexity index is 1410. The molecule has 0 spiro atoms. The Labute approximate surface area is 200 Å². The number of benzene rings is 2. The third-order valence-corrected chi connectivity index (χ3v) is 8.73. The van der Waals surface area contributed by atoms with E-state index in [4.69, 9.17) is 4.74 Å². The molecular formula is C23H24FN3O5S2. The molecule has 1 aliphatic heterocycles. The van der Waals surface area contributed by atoms with Gasteiger partial charge in [0.25, 0.3) is 5.91 Å². The van der Waals surface area contributed by atoms with Gasteiger partial charge in [0.15, 0.2) is 4.80 Å². The number of sulfonamides is 1. The Balaban J connectivity index is 1.62. The van der Waals surface area contributed by atoms with E-state index in [2.05, 4.69) is 4.99 Å². The van der Waals surface area contributed by atoms with Gasteiger partial charge in [-0.3, -0.25) is 4.79 Å². The highest BCUT2D eigenvalue weighted by Gasteiger charge is 2.33. The largest absolute Gasteiger partial charge is 0.465 e. The highest BCUT2D eigenvalue weighted by molar-refractivity contribution is 7.89. The number of rotatable bonds is 5. The van der Waals surface area contributed by atoms with Crippen molar-refractivity contribution < 1.29 is 27.1 Å². The first-order chi connectivity index (χ1) is 16.2. The lowest BCUT2D eigenvalue weighted by Gasteiger charge is -2.30. The lowest BCUT2D eigenvalue weighted by atomic mass is 9.99. The summed E-state index contributed by atoms with van der Waals surface area (Å²) in [6.07, 6.45) is 1.05. The minimum absolute atomic E-state index is 0.00585. The smallest absolute Gasteiger partial charge is 0.337 e. The zero-order valence-electron chi connectivity index (χ0n) is 18.7. The summed E-state index contributed by atoms with van der Waals surface area (Å²) in [4.78, 5) is 29.8. The van der Waals surface area contributed by atoms with E-state index in [-0.39, 0.29) is 23.9 Å². The predicted molar refractivity (Wildman–Crippen MR) is 125 cm³/mol. The number of nitrogens with zero attached hydrogens (tertiary/aromatic N) is 3. The maximum absolute atomic E-state index is 13.2. The van der Waals surface area contributed by atoms with Crippen molar-refractivity contribution in [3.8, 4) is 0 Å². The normalized spacial score (nSPS) is 17.7. The van der Waals surface area contributed by atoms with Gasteiger partial charge in [0.05, 0.1) is 33.7 Å². The molecule has 1 amide bonds. The summed E-state index contributed by atoms with van der Waals surface area (Å²) >= 11 is 1.29. The Morgan fingerprint density at radius 1 is 1.21 bits per heavy atom. The molecule has 0 radical (unpaired) electrons. The van der Waals surface area contributed by atoms with Crippen molar-refractivity contribution in [3.05, 3.63) is 58.6 Å². The van der Waals surface area contributed by atoms with E-state index in [9.17, 15) is 22.4 Å². The quantitative estimate of drug-likeness (QED) is 0.496. The molecule has 1 atom stereocenters. The van der Waals surface area contributed by atoms with Crippen LogP contribution in [0.5, 0.6) is 0 Å². The molecule has 1 aliphatic rings. The SMILES string of the molecule is CCn1c(=NC(=O)C2CCCN(S(=O)(=O)c3ccc(F)cc3)C2)sc2cc(C(=O)OC)ccc21. The zero-order chi connectivity index (χ0) is 24.5. The summed E-state index contributed by atoms with van der Waals surface area (Å²) in [7, 11) is -2.52. The molecule has 2 heterocycles. The van der Waals surface area contributed by atoms with Crippen LogP contribution < -0.4 is 4.80 Å². The predicted octanol–water partition coefficient (Wildman–Crippen LogP) is 3.18. The van der Waals surface area contributed by atoms with Crippen molar-refractivity contribution in [3.63, 3.8) is 0 Å². The van der Waals surface area contributed by atoms with Gasteiger partial charge in [-0.1, -0.05) is 11.3 Å². The molecule has 1 saturated heterocycles. The highest BCUT2D eigenvalue weighted by Crippen LogP contribution is 2.25. The Morgan fingerprint density at radius 2 is 1.94 bits per heavy atom. The standard InChI is InChI=1S/C23H24FN3O5S2/c1-3-27-19-11-6-15(22(29)32-2)13-20(19)33-23(27)25-21(28)16-5-4-12-26(14-16)34(30,31)18-9-7-17(24)8-10-18/h6-11,13,16H,3-5,12,14H2,1-2H3. The number of hydrogen-bond donors (Lipinski definition) is 0. The fourth-order valence-corrected chi connectivity index (χ4v) is 6.67. The Kier molecular flexibility index (Phi) is 6.96. The summed E-state index contributed by atoms with van der Waals surface area (Å²) in [5.41, 5.74) is 1.25. The molecule has 11 heteroatoms. The number of hydrogen-bond acceptors (Lipinski definition) is 6. The number of esters is 1. The molecule has 1 fully saturated rings. The van der Waals surface area contributed by atoms with E-state index in [1.165, 1.54) is 34.9 Å². The maximum Gasteiger partial charge on any atom is 0.337 e. The number of fused-ring (bicyclic) bond motifs is 1. The molecule has 1 unspecified atom stereocenters. The molecule has 2 aromatic carbocycles. The maximum atomic E-state index is 13.2. The molecule has 0 bridgehead atoms. The molecule has 0 saturated carbocycles. The van der Waals surface area contributed by atoms with E-state index >= 15 is 0 Å². The van der Waals surface area contributed by atoms with E-state index in [0.29, 0.717) is 29.8 Å². The van der Waals surface area contributed by atoms with Crippen molar-refractivity contribution >= 4 is 43.5 Å². The molecule has 8 nitrogen and oxygen atoms in total. The number of aromatic nitrogens is 1.